The molecule has 1 aliphatic carbocycles. The van der Waals surface area contributed by atoms with Crippen molar-refractivity contribution in [1.82, 2.24) is 18.8 Å². The van der Waals surface area contributed by atoms with Crippen LogP contribution < -0.4 is 19.5 Å². The van der Waals surface area contributed by atoms with E-state index >= 15 is 0 Å². The lowest BCUT2D eigenvalue weighted by atomic mass is 9.81. The highest BCUT2D eigenvalue weighted by Crippen LogP contribution is 2.31. The number of amides is 1. The number of sulfonamides is 1. The molecule has 1 aromatic heterocycles. The average Bonchev–Trinajstić information content (AvgIpc) is 3.35. The van der Waals surface area contributed by atoms with E-state index in [0.29, 0.717) is 36.5 Å². The molecule has 1 aliphatic heterocycles. The number of hydrogen-bond donors (Lipinski definition) is 2. The first-order chi connectivity index (χ1) is 16.5. The van der Waals surface area contributed by atoms with E-state index < -0.39 is 10.0 Å². The van der Waals surface area contributed by atoms with Crippen molar-refractivity contribution in [3.8, 4) is 11.5 Å². The summed E-state index contributed by atoms with van der Waals surface area (Å²) < 4.78 is 48.2. The third-order valence-electron chi connectivity index (χ3n) is 6.39. The number of para-hydroxylation sites is 2. The molecule has 2 aliphatic rings. The van der Waals surface area contributed by atoms with E-state index in [4.69, 9.17) is 9.47 Å². The summed E-state index contributed by atoms with van der Waals surface area (Å²) >= 11 is 0.997. The van der Waals surface area contributed by atoms with Crippen LogP contribution in [-0.2, 0) is 14.8 Å². The van der Waals surface area contributed by atoms with Gasteiger partial charge in [0.2, 0.25) is 15.9 Å². The molecule has 0 bridgehead atoms. The van der Waals surface area contributed by atoms with Crippen molar-refractivity contribution in [3.05, 3.63) is 42.5 Å². The normalized spacial score (nSPS) is 22.4. The molecule has 3 aromatic rings. The van der Waals surface area contributed by atoms with E-state index in [1.165, 1.54) is 0 Å². The first-order valence-corrected chi connectivity index (χ1v) is 13.6. The second-order valence-electron chi connectivity index (χ2n) is 8.70. The number of ether oxygens (including phenoxy) is 2. The fourth-order valence-corrected chi connectivity index (χ4v) is 6.34. The molecule has 1 fully saturated rings. The van der Waals surface area contributed by atoms with Crippen LogP contribution in [0.5, 0.6) is 11.5 Å². The smallest absolute Gasteiger partial charge is 0.242 e. The summed E-state index contributed by atoms with van der Waals surface area (Å²) in [4.78, 5) is 12.8. The van der Waals surface area contributed by atoms with Gasteiger partial charge in [0.1, 0.15) is 28.6 Å². The van der Waals surface area contributed by atoms with Crippen LogP contribution in [0.3, 0.4) is 0 Å². The van der Waals surface area contributed by atoms with Crippen molar-refractivity contribution in [2.24, 2.45) is 11.8 Å². The van der Waals surface area contributed by atoms with Crippen molar-refractivity contribution in [3.63, 3.8) is 0 Å². The maximum Gasteiger partial charge on any atom is 0.242 e. The van der Waals surface area contributed by atoms with E-state index in [1.807, 2.05) is 24.3 Å². The van der Waals surface area contributed by atoms with Gasteiger partial charge in [-0.1, -0.05) is 18.2 Å². The van der Waals surface area contributed by atoms with Gasteiger partial charge in [-0.3, -0.25) is 4.79 Å². The Labute approximate surface area is 202 Å². The van der Waals surface area contributed by atoms with E-state index in [9.17, 15) is 13.2 Å². The van der Waals surface area contributed by atoms with Crippen molar-refractivity contribution in [2.75, 3.05) is 19.7 Å². The molecule has 0 radical (unpaired) electrons. The molecule has 9 nitrogen and oxygen atoms in total. The molecule has 34 heavy (non-hydrogen) atoms. The summed E-state index contributed by atoms with van der Waals surface area (Å²) in [7, 11) is -3.68. The number of nitrogens with one attached hydrogen (secondary N) is 2. The molecule has 1 atom stereocenters. The van der Waals surface area contributed by atoms with Gasteiger partial charge in [0.15, 0.2) is 11.5 Å². The highest BCUT2D eigenvalue weighted by Gasteiger charge is 2.29. The Hall–Kier alpha value is -2.76. The summed E-state index contributed by atoms with van der Waals surface area (Å²) in [5, 5.41) is 2.99. The molecule has 0 saturated heterocycles. The quantitative estimate of drug-likeness (QED) is 0.510. The van der Waals surface area contributed by atoms with Crippen LogP contribution >= 0.6 is 11.7 Å². The molecule has 0 unspecified atom stereocenters. The minimum Gasteiger partial charge on any atom is -0.486 e. The van der Waals surface area contributed by atoms with Gasteiger partial charge in [-0.25, -0.2) is 13.1 Å². The predicted molar refractivity (Wildman–Crippen MR) is 127 cm³/mol. The van der Waals surface area contributed by atoms with Crippen LogP contribution in [-0.4, -0.2) is 48.9 Å². The third-order valence-corrected chi connectivity index (χ3v) is 8.39. The van der Waals surface area contributed by atoms with Crippen LogP contribution in [0.25, 0.3) is 11.0 Å². The maximum atomic E-state index is 12.8. The van der Waals surface area contributed by atoms with Gasteiger partial charge in [-0.15, -0.1) is 0 Å². The molecular formula is C23H26N4O5S2. The van der Waals surface area contributed by atoms with Gasteiger partial charge in [0, 0.05) is 12.5 Å². The lowest BCUT2D eigenvalue weighted by molar-refractivity contribution is -0.126. The molecule has 0 spiro atoms. The van der Waals surface area contributed by atoms with Crippen LogP contribution in [0, 0.1) is 11.8 Å². The minimum absolute atomic E-state index is 0.0178. The standard InChI is InChI=1S/C23H26N4O5S2/c28-23(24-13-17-14-31-19-5-1-2-6-20(19)32-17)16-10-8-15(9-11-16)12-25-34(29,30)21-7-3-4-18-22(21)27-33-26-18/h1-7,15-17,25H,8-14H2,(H,24,28)/t15?,16?,17-/m0/s1. The molecule has 2 heterocycles. The van der Waals surface area contributed by atoms with Crippen LogP contribution in [0.2, 0.25) is 0 Å². The molecule has 2 aromatic carbocycles. The Kier molecular flexibility index (Phi) is 6.66. The summed E-state index contributed by atoms with van der Waals surface area (Å²) in [6, 6.07) is 12.5. The zero-order valence-electron chi connectivity index (χ0n) is 18.5. The Morgan fingerprint density at radius 3 is 2.62 bits per heavy atom. The fourth-order valence-electron chi connectivity index (χ4n) is 4.45. The predicted octanol–water partition coefficient (Wildman–Crippen LogP) is 2.73. The largest absolute Gasteiger partial charge is 0.486 e. The number of rotatable bonds is 7. The Balaban J connectivity index is 1.07. The van der Waals surface area contributed by atoms with Crippen LogP contribution in [0.1, 0.15) is 25.7 Å². The van der Waals surface area contributed by atoms with E-state index in [1.54, 1.807) is 18.2 Å². The molecule has 11 heteroatoms. The van der Waals surface area contributed by atoms with E-state index in [0.717, 1.165) is 43.2 Å². The molecule has 1 saturated carbocycles. The molecule has 1 amide bonds. The van der Waals surface area contributed by atoms with Gasteiger partial charge >= 0.3 is 0 Å². The van der Waals surface area contributed by atoms with E-state index in [-0.39, 0.29) is 28.7 Å². The number of aromatic nitrogens is 2. The zero-order valence-corrected chi connectivity index (χ0v) is 20.1. The second-order valence-corrected chi connectivity index (χ2v) is 11.0. The third kappa shape index (κ3) is 5.01. The highest BCUT2D eigenvalue weighted by atomic mass is 32.2. The number of carbonyl (C=O) groups is 1. The van der Waals surface area contributed by atoms with Gasteiger partial charge in [-0.2, -0.15) is 8.75 Å². The Bertz CT molecular complexity index is 1270. The number of carbonyl (C=O) groups excluding carboxylic acids is 1. The van der Waals surface area contributed by atoms with Crippen LogP contribution in [0.15, 0.2) is 47.4 Å². The van der Waals surface area contributed by atoms with Crippen molar-refractivity contribution in [1.29, 1.82) is 0 Å². The average molecular weight is 503 g/mol. The number of benzene rings is 2. The molecule has 2 N–H and O–H groups in total. The maximum absolute atomic E-state index is 12.8. The summed E-state index contributed by atoms with van der Waals surface area (Å²) in [6.45, 7) is 1.13. The minimum atomic E-state index is -3.68. The Morgan fingerprint density at radius 1 is 1.00 bits per heavy atom. The van der Waals surface area contributed by atoms with Gasteiger partial charge in [-0.05, 0) is 55.9 Å². The monoisotopic (exact) mass is 502 g/mol. The van der Waals surface area contributed by atoms with E-state index in [2.05, 4.69) is 18.8 Å². The summed E-state index contributed by atoms with van der Waals surface area (Å²) in [5.41, 5.74) is 0.977. The molecular weight excluding hydrogens is 476 g/mol. The lowest BCUT2D eigenvalue weighted by Crippen LogP contribution is -2.43. The molecule has 180 valence electrons. The Morgan fingerprint density at radius 2 is 1.79 bits per heavy atom. The summed E-state index contributed by atoms with van der Waals surface area (Å²) in [5.74, 6) is 1.55. The van der Waals surface area contributed by atoms with Crippen molar-refractivity contribution < 1.29 is 22.7 Å². The zero-order chi connectivity index (χ0) is 23.5. The van der Waals surface area contributed by atoms with Gasteiger partial charge < -0.3 is 14.8 Å². The van der Waals surface area contributed by atoms with Crippen molar-refractivity contribution in [2.45, 2.75) is 36.7 Å². The topological polar surface area (TPSA) is 120 Å². The lowest BCUT2D eigenvalue weighted by Gasteiger charge is -2.29. The first kappa shape index (κ1) is 23.0. The van der Waals surface area contributed by atoms with Gasteiger partial charge in [0.05, 0.1) is 18.3 Å². The fraction of sp³-hybridized carbons (Fsp3) is 0.435. The first-order valence-electron chi connectivity index (χ1n) is 11.4. The highest BCUT2D eigenvalue weighted by molar-refractivity contribution is 7.89. The van der Waals surface area contributed by atoms with Crippen LogP contribution in [0.4, 0.5) is 0 Å². The SMILES string of the molecule is O=C(NC[C@H]1COc2ccccc2O1)C1CCC(CNS(=O)(=O)c2cccc3nsnc23)CC1. The second kappa shape index (κ2) is 9.85. The number of fused-ring (bicyclic) bond motifs is 2. The number of hydrogen-bond acceptors (Lipinski definition) is 8. The number of nitrogens with zero attached hydrogens (tertiary/aromatic N) is 2. The summed E-state index contributed by atoms with van der Waals surface area (Å²) in [6.07, 6.45) is 2.82. The van der Waals surface area contributed by atoms with Gasteiger partial charge in [0.25, 0.3) is 0 Å². The molecule has 5 rings (SSSR count). The van der Waals surface area contributed by atoms with Crippen molar-refractivity contribution >= 4 is 38.7 Å².